The highest BCUT2D eigenvalue weighted by atomic mass is 35.5. The number of fused-ring (bicyclic) bond motifs is 1. The van der Waals surface area contributed by atoms with E-state index in [-0.39, 0.29) is 16.9 Å². The van der Waals surface area contributed by atoms with Crippen molar-refractivity contribution in [2.45, 2.75) is 30.4 Å². The molecule has 2 atom stereocenters. The molecule has 1 aliphatic heterocycles. The van der Waals surface area contributed by atoms with Crippen molar-refractivity contribution in [1.29, 1.82) is 0 Å². The van der Waals surface area contributed by atoms with E-state index >= 15 is 0 Å². The first-order valence-corrected chi connectivity index (χ1v) is 6.36. The SMILES string of the molecule is CC1CC(N)c2ccc(Cl)c(F)c2CS1. The van der Waals surface area contributed by atoms with Crippen LogP contribution >= 0.6 is 23.4 Å². The Morgan fingerprint density at radius 2 is 2.27 bits per heavy atom. The second-order valence-electron chi connectivity index (χ2n) is 3.89. The minimum absolute atomic E-state index is 0.0724. The molecule has 1 aromatic carbocycles. The van der Waals surface area contributed by atoms with E-state index in [1.165, 1.54) is 0 Å². The molecule has 1 aromatic rings. The number of rotatable bonds is 0. The molecular weight excluding hydrogens is 233 g/mol. The summed E-state index contributed by atoms with van der Waals surface area (Å²) in [5.74, 6) is 0.363. The Morgan fingerprint density at radius 3 is 3.00 bits per heavy atom. The highest BCUT2D eigenvalue weighted by molar-refractivity contribution is 7.99. The maximum Gasteiger partial charge on any atom is 0.146 e. The van der Waals surface area contributed by atoms with Crippen molar-refractivity contribution in [1.82, 2.24) is 0 Å². The third-order valence-corrected chi connectivity index (χ3v) is 4.24. The van der Waals surface area contributed by atoms with Gasteiger partial charge in [0.2, 0.25) is 0 Å². The summed E-state index contributed by atoms with van der Waals surface area (Å²) in [7, 11) is 0. The van der Waals surface area contributed by atoms with Gasteiger partial charge in [-0.15, -0.1) is 0 Å². The minimum atomic E-state index is -0.300. The number of nitrogens with two attached hydrogens (primary N) is 1. The minimum Gasteiger partial charge on any atom is -0.324 e. The van der Waals surface area contributed by atoms with Gasteiger partial charge in [0, 0.05) is 22.6 Å². The van der Waals surface area contributed by atoms with Gasteiger partial charge in [0.15, 0.2) is 0 Å². The predicted molar refractivity (Wildman–Crippen MR) is 63.7 cm³/mol. The molecule has 2 unspecified atom stereocenters. The molecule has 2 rings (SSSR count). The van der Waals surface area contributed by atoms with Crippen LogP contribution in [0.1, 0.15) is 30.5 Å². The van der Waals surface area contributed by atoms with Crippen molar-refractivity contribution in [3.8, 4) is 0 Å². The number of halogens is 2. The van der Waals surface area contributed by atoms with Gasteiger partial charge in [0.25, 0.3) is 0 Å². The number of hydrogen-bond donors (Lipinski definition) is 1. The predicted octanol–water partition coefficient (Wildman–Crippen LogP) is 3.50. The highest BCUT2D eigenvalue weighted by Gasteiger charge is 2.23. The first-order valence-electron chi connectivity index (χ1n) is 4.93. The molecule has 0 amide bonds. The molecule has 4 heteroatoms. The summed E-state index contributed by atoms with van der Waals surface area (Å²) in [5.41, 5.74) is 7.63. The molecular formula is C11H13ClFNS. The summed E-state index contributed by atoms with van der Waals surface area (Å²) < 4.78 is 13.8. The van der Waals surface area contributed by atoms with E-state index in [0.29, 0.717) is 16.6 Å². The van der Waals surface area contributed by atoms with Crippen molar-refractivity contribution < 1.29 is 4.39 Å². The van der Waals surface area contributed by atoms with Crippen LogP contribution in [0.15, 0.2) is 12.1 Å². The summed E-state index contributed by atoms with van der Waals surface area (Å²) in [6.07, 6.45) is 0.888. The van der Waals surface area contributed by atoms with Crippen LogP contribution in [0.3, 0.4) is 0 Å². The van der Waals surface area contributed by atoms with Crippen LogP contribution in [0.4, 0.5) is 4.39 Å². The first kappa shape index (κ1) is 11.2. The second kappa shape index (κ2) is 4.32. The van der Waals surface area contributed by atoms with Crippen LogP contribution < -0.4 is 5.73 Å². The average molecular weight is 246 g/mol. The zero-order valence-corrected chi connectivity index (χ0v) is 10.0. The van der Waals surface area contributed by atoms with Crippen LogP contribution in [-0.2, 0) is 5.75 Å². The second-order valence-corrected chi connectivity index (χ2v) is 5.73. The third-order valence-electron chi connectivity index (χ3n) is 2.73. The molecule has 0 saturated carbocycles. The summed E-state index contributed by atoms with van der Waals surface area (Å²) in [6, 6.07) is 3.37. The molecule has 0 saturated heterocycles. The van der Waals surface area contributed by atoms with Crippen LogP contribution in [0.2, 0.25) is 5.02 Å². The van der Waals surface area contributed by atoms with Gasteiger partial charge in [0.1, 0.15) is 5.82 Å². The molecule has 0 fully saturated rings. The first-order chi connectivity index (χ1) is 7.09. The number of hydrogen-bond acceptors (Lipinski definition) is 2. The molecule has 0 radical (unpaired) electrons. The zero-order valence-electron chi connectivity index (χ0n) is 8.47. The van der Waals surface area contributed by atoms with Gasteiger partial charge in [-0.25, -0.2) is 4.39 Å². The standard InChI is InChI=1S/C11H13ClFNS/c1-6-4-10(14)7-2-3-9(12)11(13)8(7)5-15-6/h2-3,6,10H,4-5,14H2,1H3. The van der Waals surface area contributed by atoms with Gasteiger partial charge < -0.3 is 5.73 Å². The van der Waals surface area contributed by atoms with E-state index in [9.17, 15) is 4.39 Å². The molecule has 0 aliphatic carbocycles. The molecule has 82 valence electrons. The van der Waals surface area contributed by atoms with Gasteiger partial charge in [-0.05, 0) is 18.1 Å². The molecule has 0 aromatic heterocycles. The molecule has 1 aliphatic rings. The lowest BCUT2D eigenvalue weighted by molar-refractivity contribution is 0.601. The Bertz CT molecular complexity index is 383. The van der Waals surface area contributed by atoms with Gasteiger partial charge in [-0.2, -0.15) is 11.8 Å². The Morgan fingerprint density at radius 1 is 1.53 bits per heavy atom. The Kier molecular flexibility index (Phi) is 3.24. The average Bonchev–Trinajstić information content (AvgIpc) is 2.32. The van der Waals surface area contributed by atoms with E-state index in [2.05, 4.69) is 6.92 Å². The van der Waals surface area contributed by atoms with Gasteiger partial charge in [-0.3, -0.25) is 0 Å². The van der Waals surface area contributed by atoms with Crippen molar-refractivity contribution in [2.24, 2.45) is 5.73 Å². The highest BCUT2D eigenvalue weighted by Crippen LogP contribution is 2.36. The lowest BCUT2D eigenvalue weighted by atomic mass is 9.98. The van der Waals surface area contributed by atoms with E-state index in [1.54, 1.807) is 17.8 Å². The largest absolute Gasteiger partial charge is 0.324 e. The van der Waals surface area contributed by atoms with Gasteiger partial charge in [-0.1, -0.05) is 24.6 Å². The quantitative estimate of drug-likeness (QED) is 0.757. The summed E-state index contributed by atoms with van der Waals surface area (Å²) in [4.78, 5) is 0. The smallest absolute Gasteiger partial charge is 0.146 e. The number of thioether (sulfide) groups is 1. The maximum absolute atomic E-state index is 13.8. The lowest BCUT2D eigenvalue weighted by Gasteiger charge is -2.14. The van der Waals surface area contributed by atoms with E-state index < -0.39 is 0 Å². The zero-order chi connectivity index (χ0) is 11.0. The molecule has 0 bridgehead atoms. The van der Waals surface area contributed by atoms with Crippen molar-refractivity contribution in [3.63, 3.8) is 0 Å². The summed E-state index contributed by atoms with van der Waals surface area (Å²) in [5, 5.41) is 0.654. The van der Waals surface area contributed by atoms with Crippen molar-refractivity contribution in [2.75, 3.05) is 0 Å². The van der Waals surface area contributed by atoms with E-state index in [1.807, 2.05) is 6.07 Å². The molecule has 0 spiro atoms. The summed E-state index contributed by atoms with van der Waals surface area (Å²) in [6.45, 7) is 2.12. The summed E-state index contributed by atoms with van der Waals surface area (Å²) >= 11 is 7.49. The fraction of sp³-hybridized carbons (Fsp3) is 0.455. The Balaban J connectivity index is 2.48. The molecule has 1 heterocycles. The normalized spacial score (nSPS) is 25.9. The van der Waals surface area contributed by atoms with E-state index in [4.69, 9.17) is 17.3 Å². The maximum atomic E-state index is 13.8. The molecule has 2 N–H and O–H groups in total. The van der Waals surface area contributed by atoms with Gasteiger partial charge >= 0.3 is 0 Å². The van der Waals surface area contributed by atoms with E-state index in [0.717, 1.165) is 12.0 Å². The number of benzene rings is 1. The molecule has 1 nitrogen and oxygen atoms in total. The fourth-order valence-electron chi connectivity index (χ4n) is 1.88. The Hall–Kier alpha value is -0.250. The molecule has 15 heavy (non-hydrogen) atoms. The van der Waals surface area contributed by atoms with Crippen molar-refractivity contribution in [3.05, 3.63) is 34.1 Å². The van der Waals surface area contributed by atoms with Crippen LogP contribution in [0.5, 0.6) is 0 Å². The fourth-order valence-corrected chi connectivity index (χ4v) is 3.14. The van der Waals surface area contributed by atoms with Gasteiger partial charge in [0.05, 0.1) is 5.02 Å². The topological polar surface area (TPSA) is 26.0 Å². The monoisotopic (exact) mass is 245 g/mol. The third kappa shape index (κ3) is 2.14. The Labute approximate surface area is 98.2 Å². The van der Waals surface area contributed by atoms with Crippen LogP contribution in [0.25, 0.3) is 0 Å². The van der Waals surface area contributed by atoms with Crippen LogP contribution in [0, 0.1) is 5.82 Å². The van der Waals surface area contributed by atoms with Crippen molar-refractivity contribution >= 4 is 23.4 Å². The lowest BCUT2D eigenvalue weighted by Crippen LogP contribution is -2.14. The van der Waals surface area contributed by atoms with Crippen LogP contribution in [-0.4, -0.2) is 5.25 Å².